The predicted molar refractivity (Wildman–Crippen MR) is 75.7 cm³/mol. The molecule has 0 aliphatic heterocycles. The van der Waals surface area contributed by atoms with Gasteiger partial charge in [0.25, 0.3) is 5.91 Å². The number of thiophene rings is 1. The van der Waals surface area contributed by atoms with E-state index in [-0.39, 0.29) is 4.88 Å². The van der Waals surface area contributed by atoms with E-state index in [2.05, 4.69) is 5.32 Å². The highest BCUT2D eigenvalue weighted by Gasteiger charge is 2.11. The fourth-order valence-electron chi connectivity index (χ4n) is 1.39. The maximum Gasteiger partial charge on any atom is 0.345 e. The fourth-order valence-corrected chi connectivity index (χ4v) is 2.66. The van der Waals surface area contributed by atoms with Crippen LogP contribution in [0.2, 0.25) is 10.0 Å². The first-order valence-corrected chi connectivity index (χ1v) is 6.63. The van der Waals surface area contributed by atoms with Crippen LogP contribution in [0.25, 0.3) is 0 Å². The van der Waals surface area contributed by atoms with Crippen molar-refractivity contribution in [3.8, 4) is 0 Å². The zero-order valence-corrected chi connectivity index (χ0v) is 11.6. The molecule has 0 fully saturated rings. The number of rotatable bonds is 3. The Hall–Kier alpha value is -1.56. The number of carboxylic acids is 1. The lowest BCUT2D eigenvalue weighted by Crippen LogP contribution is -2.10. The molecule has 2 rings (SSSR count). The van der Waals surface area contributed by atoms with Gasteiger partial charge in [-0.05, 0) is 30.3 Å². The van der Waals surface area contributed by atoms with Gasteiger partial charge in [-0.2, -0.15) is 0 Å². The van der Waals surface area contributed by atoms with Gasteiger partial charge in [0.05, 0.1) is 5.00 Å². The standard InChI is InChI=1S/C12H7Cl2NO3S/c13-7-3-6(4-8(14)5-7)11(16)15-10-2-1-9(19-10)12(17)18/h1-5H,(H,15,16)(H,17,18). The van der Waals surface area contributed by atoms with Crippen LogP contribution in [0.15, 0.2) is 30.3 Å². The summed E-state index contributed by atoms with van der Waals surface area (Å²) in [5.41, 5.74) is 0.308. The number of carbonyl (C=O) groups is 2. The van der Waals surface area contributed by atoms with E-state index in [1.165, 1.54) is 30.3 Å². The molecular formula is C12H7Cl2NO3S. The van der Waals surface area contributed by atoms with Gasteiger partial charge in [-0.3, -0.25) is 4.79 Å². The predicted octanol–water partition coefficient (Wildman–Crippen LogP) is 4.01. The van der Waals surface area contributed by atoms with Crippen LogP contribution in [0.1, 0.15) is 20.0 Å². The van der Waals surface area contributed by atoms with Gasteiger partial charge in [-0.1, -0.05) is 23.2 Å². The first-order valence-electron chi connectivity index (χ1n) is 5.06. The highest BCUT2D eigenvalue weighted by atomic mass is 35.5. The number of aromatic carboxylic acids is 1. The summed E-state index contributed by atoms with van der Waals surface area (Å²) in [6.07, 6.45) is 0. The average Bonchev–Trinajstić information content (AvgIpc) is 2.76. The molecule has 1 aromatic heterocycles. The lowest BCUT2D eigenvalue weighted by Gasteiger charge is -2.03. The molecule has 0 saturated heterocycles. The van der Waals surface area contributed by atoms with Crippen molar-refractivity contribution in [2.75, 3.05) is 5.32 Å². The Kier molecular flexibility index (Phi) is 4.09. The van der Waals surface area contributed by atoms with E-state index in [4.69, 9.17) is 28.3 Å². The van der Waals surface area contributed by atoms with Crippen LogP contribution in [0.4, 0.5) is 5.00 Å². The molecule has 0 saturated carbocycles. The molecule has 0 bridgehead atoms. The van der Waals surface area contributed by atoms with Crippen LogP contribution in [-0.4, -0.2) is 17.0 Å². The number of anilines is 1. The molecule has 0 spiro atoms. The lowest BCUT2D eigenvalue weighted by molar-refractivity contribution is 0.0702. The number of hydrogen-bond acceptors (Lipinski definition) is 3. The van der Waals surface area contributed by atoms with Gasteiger partial charge in [-0.15, -0.1) is 11.3 Å². The third-order valence-electron chi connectivity index (χ3n) is 2.18. The first kappa shape index (κ1) is 13.9. The fraction of sp³-hybridized carbons (Fsp3) is 0. The van der Waals surface area contributed by atoms with Gasteiger partial charge in [0.15, 0.2) is 0 Å². The number of hydrogen-bond donors (Lipinski definition) is 2. The molecular weight excluding hydrogens is 309 g/mol. The zero-order valence-electron chi connectivity index (χ0n) is 9.31. The zero-order chi connectivity index (χ0) is 14.0. The molecule has 2 N–H and O–H groups in total. The number of carboxylic acid groups (broad SMARTS) is 1. The number of amides is 1. The van der Waals surface area contributed by atoms with Crippen LogP contribution in [-0.2, 0) is 0 Å². The first-order chi connectivity index (χ1) is 8.95. The van der Waals surface area contributed by atoms with Crippen LogP contribution < -0.4 is 5.32 Å². The molecule has 0 atom stereocenters. The monoisotopic (exact) mass is 315 g/mol. The summed E-state index contributed by atoms with van der Waals surface area (Å²) in [6.45, 7) is 0. The van der Waals surface area contributed by atoms with E-state index in [1.54, 1.807) is 0 Å². The molecule has 0 unspecified atom stereocenters. The Morgan fingerprint density at radius 1 is 1.11 bits per heavy atom. The second kappa shape index (κ2) is 5.61. The van der Waals surface area contributed by atoms with Crippen LogP contribution in [0.3, 0.4) is 0 Å². The van der Waals surface area contributed by atoms with Crippen LogP contribution >= 0.6 is 34.5 Å². The summed E-state index contributed by atoms with van der Waals surface area (Å²) in [7, 11) is 0. The second-order valence-electron chi connectivity index (χ2n) is 3.58. The minimum Gasteiger partial charge on any atom is -0.477 e. The Morgan fingerprint density at radius 2 is 1.74 bits per heavy atom. The smallest absolute Gasteiger partial charge is 0.345 e. The van der Waals surface area contributed by atoms with Gasteiger partial charge >= 0.3 is 5.97 Å². The molecule has 2 aromatic rings. The summed E-state index contributed by atoms with van der Waals surface area (Å²) < 4.78 is 0. The molecule has 0 radical (unpaired) electrons. The summed E-state index contributed by atoms with van der Waals surface area (Å²) in [5.74, 6) is -1.43. The molecule has 19 heavy (non-hydrogen) atoms. The molecule has 0 aliphatic carbocycles. The highest BCUT2D eigenvalue weighted by Crippen LogP contribution is 2.24. The molecule has 1 amide bonds. The highest BCUT2D eigenvalue weighted by molar-refractivity contribution is 7.18. The summed E-state index contributed by atoms with van der Waals surface area (Å²) in [4.78, 5) is 22.8. The van der Waals surface area contributed by atoms with Crippen molar-refractivity contribution < 1.29 is 14.7 Å². The molecule has 4 nitrogen and oxygen atoms in total. The quantitative estimate of drug-likeness (QED) is 0.899. The third kappa shape index (κ3) is 3.47. The molecule has 1 heterocycles. The second-order valence-corrected chi connectivity index (χ2v) is 5.54. The van der Waals surface area contributed by atoms with Crippen molar-refractivity contribution in [1.82, 2.24) is 0 Å². The molecule has 1 aromatic carbocycles. The Labute approximate surface area is 122 Å². The van der Waals surface area contributed by atoms with E-state index in [9.17, 15) is 9.59 Å². The van der Waals surface area contributed by atoms with E-state index in [1.807, 2.05) is 0 Å². The summed E-state index contributed by atoms with van der Waals surface area (Å²) in [5, 5.41) is 12.5. The van der Waals surface area contributed by atoms with Gasteiger partial charge in [0.1, 0.15) is 4.88 Å². The van der Waals surface area contributed by atoms with E-state index in [0.29, 0.717) is 20.6 Å². The number of nitrogens with one attached hydrogen (secondary N) is 1. The Morgan fingerprint density at radius 3 is 2.26 bits per heavy atom. The summed E-state index contributed by atoms with van der Waals surface area (Å²) in [6, 6.07) is 7.43. The largest absolute Gasteiger partial charge is 0.477 e. The van der Waals surface area contributed by atoms with E-state index < -0.39 is 11.9 Å². The maximum atomic E-state index is 11.9. The lowest BCUT2D eigenvalue weighted by atomic mass is 10.2. The van der Waals surface area contributed by atoms with Gasteiger partial charge in [0.2, 0.25) is 0 Å². The van der Waals surface area contributed by atoms with E-state index >= 15 is 0 Å². The molecule has 98 valence electrons. The maximum absolute atomic E-state index is 11.9. The summed E-state index contributed by atoms with van der Waals surface area (Å²) >= 11 is 12.6. The SMILES string of the molecule is O=C(Nc1ccc(C(=O)O)s1)c1cc(Cl)cc(Cl)c1. The molecule has 0 aliphatic rings. The van der Waals surface area contributed by atoms with Crippen molar-refractivity contribution in [2.24, 2.45) is 0 Å². The molecule has 7 heteroatoms. The number of benzene rings is 1. The van der Waals surface area contributed by atoms with Crippen molar-refractivity contribution in [3.05, 3.63) is 50.8 Å². The van der Waals surface area contributed by atoms with Gasteiger partial charge in [-0.25, -0.2) is 4.79 Å². The van der Waals surface area contributed by atoms with Crippen LogP contribution in [0.5, 0.6) is 0 Å². The average molecular weight is 316 g/mol. The number of carbonyl (C=O) groups excluding carboxylic acids is 1. The normalized spacial score (nSPS) is 10.2. The van der Waals surface area contributed by atoms with Gasteiger partial charge in [0, 0.05) is 15.6 Å². The van der Waals surface area contributed by atoms with Crippen molar-refractivity contribution in [1.29, 1.82) is 0 Å². The Balaban J connectivity index is 2.18. The Bertz CT molecular complexity index is 634. The van der Waals surface area contributed by atoms with Crippen molar-refractivity contribution >= 4 is 51.4 Å². The van der Waals surface area contributed by atoms with Gasteiger partial charge < -0.3 is 10.4 Å². The van der Waals surface area contributed by atoms with Crippen LogP contribution in [0, 0.1) is 0 Å². The van der Waals surface area contributed by atoms with Crippen molar-refractivity contribution in [3.63, 3.8) is 0 Å². The minimum atomic E-state index is -1.03. The number of halogens is 2. The van der Waals surface area contributed by atoms with Crippen molar-refractivity contribution in [2.45, 2.75) is 0 Å². The van der Waals surface area contributed by atoms with E-state index in [0.717, 1.165) is 11.3 Å². The topological polar surface area (TPSA) is 66.4 Å². The minimum absolute atomic E-state index is 0.152. The third-order valence-corrected chi connectivity index (χ3v) is 3.60.